The van der Waals surface area contributed by atoms with Crippen molar-refractivity contribution in [1.82, 2.24) is 0 Å². The number of nitrogens with zero attached hydrogens (tertiary/aromatic N) is 3. The Morgan fingerprint density at radius 1 is 0.742 bits per heavy atom. The van der Waals surface area contributed by atoms with Gasteiger partial charge in [-0.2, -0.15) is 0 Å². The van der Waals surface area contributed by atoms with Gasteiger partial charge in [0.25, 0.3) is 5.91 Å². The first-order valence-electron chi connectivity index (χ1n) is 10.3. The number of likely N-dealkylation sites (N-methyl/N-ethyl adjacent to an activating group) is 1. The highest BCUT2D eigenvalue weighted by Gasteiger charge is 2.43. The number of para-hydroxylation sites is 3. The fourth-order valence-corrected chi connectivity index (χ4v) is 4.52. The van der Waals surface area contributed by atoms with Crippen LogP contribution in [0.3, 0.4) is 0 Å². The van der Waals surface area contributed by atoms with Crippen molar-refractivity contribution in [3.05, 3.63) is 108 Å². The summed E-state index contributed by atoms with van der Waals surface area (Å²) in [5.74, 6) is -0.127. The Balaban J connectivity index is 1.73. The third kappa shape index (κ3) is 3.14. The second-order valence-corrected chi connectivity index (χ2v) is 7.67. The summed E-state index contributed by atoms with van der Waals surface area (Å²) in [7, 11) is 0. The highest BCUT2D eigenvalue weighted by Crippen LogP contribution is 2.38. The molecule has 2 aliphatic heterocycles. The first kappa shape index (κ1) is 19.3. The fourth-order valence-electron chi connectivity index (χ4n) is 4.14. The molecule has 0 spiro atoms. The lowest BCUT2D eigenvalue weighted by Gasteiger charge is -2.31. The van der Waals surface area contributed by atoms with E-state index in [0.717, 1.165) is 34.9 Å². The molecule has 5 heteroatoms. The van der Waals surface area contributed by atoms with Crippen LogP contribution in [0.4, 0.5) is 17.1 Å². The van der Waals surface area contributed by atoms with Crippen LogP contribution in [0.25, 0.3) is 6.08 Å². The minimum Gasteiger partial charge on any atom is -0.339 e. The molecule has 31 heavy (non-hydrogen) atoms. The molecule has 0 radical (unpaired) electrons. The van der Waals surface area contributed by atoms with Gasteiger partial charge < -0.3 is 4.90 Å². The van der Waals surface area contributed by atoms with Gasteiger partial charge in [0.2, 0.25) is 0 Å². The van der Waals surface area contributed by atoms with E-state index >= 15 is 0 Å². The van der Waals surface area contributed by atoms with Crippen LogP contribution in [0.1, 0.15) is 12.5 Å². The zero-order chi connectivity index (χ0) is 21.4. The van der Waals surface area contributed by atoms with E-state index in [1.807, 2.05) is 83.8 Å². The van der Waals surface area contributed by atoms with Gasteiger partial charge in [0.15, 0.2) is 5.11 Å². The third-order valence-corrected chi connectivity index (χ3v) is 5.90. The van der Waals surface area contributed by atoms with Gasteiger partial charge in [-0.15, -0.1) is 0 Å². The van der Waals surface area contributed by atoms with E-state index in [1.165, 1.54) is 0 Å². The number of carbonyl (C=O) groups excluding carboxylic acids is 1. The van der Waals surface area contributed by atoms with Gasteiger partial charge in [-0.3, -0.25) is 14.6 Å². The van der Waals surface area contributed by atoms with Crippen LogP contribution in [-0.4, -0.2) is 17.6 Å². The lowest BCUT2D eigenvalue weighted by atomic mass is 10.0. The van der Waals surface area contributed by atoms with Crippen LogP contribution < -0.4 is 14.7 Å². The number of rotatable bonds is 3. The molecular weight excluding hydrogens is 402 g/mol. The molecule has 1 fully saturated rings. The number of thiocarbonyl (C=S) groups is 1. The molecule has 2 aliphatic rings. The van der Waals surface area contributed by atoms with Crippen molar-refractivity contribution in [2.75, 3.05) is 21.2 Å². The smallest absolute Gasteiger partial charge is 0.283 e. The SMILES string of the molecule is CCN1C(=C2C(=O)N(c3ccccc3)C(=S)N2c2ccccc2)C=Cc2ccccc21. The largest absolute Gasteiger partial charge is 0.339 e. The zero-order valence-corrected chi connectivity index (χ0v) is 17.9. The maximum Gasteiger partial charge on any atom is 0.283 e. The van der Waals surface area contributed by atoms with E-state index in [1.54, 1.807) is 4.90 Å². The molecule has 0 aliphatic carbocycles. The lowest BCUT2D eigenvalue weighted by molar-refractivity contribution is -0.113. The van der Waals surface area contributed by atoms with Crippen LogP contribution >= 0.6 is 12.2 Å². The molecule has 4 nitrogen and oxygen atoms in total. The zero-order valence-electron chi connectivity index (χ0n) is 17.1. The van der Waals surface area contributed by atoms with Gasteiger partial charge in [-0.05, 0) is 61.1 Å². The normalized spacial score (nSPS) is 18.0. The number of hydrogen-bond acceptors (Lipinski definition) is 3. The minimum absolute atomic E-state index is 0.127. The molecule has 1 saturated heterocycles. The van der Waals surface area contributed by atoms with Crippen molar-refractivity contribution in [2.45, 2.75) is 6.92 Å². The number of benzene rings is 3. The maximum absolute atomic E-state index is 13.9. The number of fused-ring (bicyclic) bond motifs is 1. The topological polar surface area (TPSA) is 26.8 Å². The molecule has 0 saturated carbocycles. The third-order valence-electron chi connectivity index (χ3n) is 5.54. The average Bonchev–Trinajstić information content (AvgIpc) is 3.09. The van der Waals surface area contributed by atoms with Crippen molar-refractivity contribution in [2.24, 2.45) is 0 Å². The van der Waals surface area contributed by atoms with Gasteiger partial charge >= 0.3 is 0 Å². The van der Waals surface area contributed by atoms with Crippen LogP contribution in [0.5, 0.6) is 0 Å². The number of carbonyl (C=O) groups is 1. The average molecular weight is 424 g/mol. The van der Waals surface area contributed by atoms with Gasteiger partial charge in [0.05, 0.1) is 11.4 Å². The fraction of sp³-hybridized carbons (Fsp3) is 0.0769. The van der Waals surface area contributed by atoms with Gasteiger partial charge in [-0.1, -0.05) is 60.7 Å². The summed E-state index contributed by atoms with van der Waals surface area (Å²) in [5, 5.41) is 0.452. The molecule has 3 aromatic carbocycles. The lowest BCUT2D eigenvalue weighted by Crippen LogP contribution is -2.33. The highest BCUT2D eigenvalue weighted by molar-refractivity contribution is 7.81. The van der Waals surface area contributed by atoms with Crippen molar-refractivity contribution in [1.29, 1.82) is 0 Å². The van der Waals surface area contributed by atoms with E-state index in [0.29, 0.717) is 10.8 Å². The molecule has 152 valence electrons. The van der Waals surface area contributed by atoms with E-state index in [9.17, 15) is 4.79 Å². The minimum atomic E-state index is -0.127. The molecular formula is C26H21N3OS. The summed E-state index contributed by atoms with van der Waals surface area (Å²) in [6.07, 6.45) is 4.08. The first-order chi connectivity index (χ1) is 15.2. The Hall–Kier alpha value is -3.70. The molecule has 3 aromatic rings. The van der Waals surface area contributed by atoms with Gasteiger partial charge in [0.1, 0.15) is 5.70 Å². The van der Waals surface area contributed by atoms with Crippen LogP contribution in [0.2, 0.25) is 0 Å². The summed E-state index contributed by atoms with van der Waals surface area (Å²) < 4.78 is 0. The predicted octanol–water partition coefficient (Wildman–Crippen LogP) is 5.59. The van der Waals surface area contributed by atoms with Crippen LogP contribution in [-0.2, 0) is 4.79 Å². The Bertz CT molecular complexity index is 1220. The standard InChI is InChI=1S/C26H21N3OS/c1-2-27-22-16-10-9-11-19(22)17-18-23(27)24-25(30)29(21-14-7-4-8-15-21)26(31)28(24)20-12-5-3-6-13-20/h3-18H,2H2,1H3. The molecule has 0 bridgehead atoms. The quantitative estimate of drug-likeness (QED) is 0.405. The van der Waals surface area contributed by atoms with Gasteiger partial charge in [-0.25, -0.2) is 0 Å². The summed E-state index contributed by atoms with van der Waals surface area (Å²) in [6, 6.07) is 27.6. The second-order valence-electron chi connectivity index (χ2n) is 7.30. The summed E-state index contributed by atoms with van der Waals surface area (Å²) in [6.45, 7) is 2.82. The van der Waals surface area contributed by atoms with Gasteiger partial charge in [0, 0.05) is 17.9 Å². The van der Waals surface area contributed by atoms with Crippen molar-refractivity contribution in [3.8, 4) is 0 Å². The first-order valence-corrected chi connectivity index (χ1v) is 10.7. The highest BCUT2D eigenvalue weighted by atomic mass is 32.1. The van der Waals surface area contributed by atoms with E-state index in [2.05, 4.69) is 30.0 Å². The Kier molecular flexibility index (Phi) is 4.88. The number of allylic oxidation sites excluding steroid dienone is 1. The molecule has 2 heterocycles. The number of hydrogen-bond donors (Lipinski definition) is 0. The predicted molar refractivity (Wildman–Crippen MR) is 131 cm³/mol. The molecule has 1 amide bonds. The molecule has 0 N–H and O–H groups in total. The van der Waals surface area contributed by atoms with Crippen molar-refractivity contribution >= 4 is 46.4 Å². The van der Waals surface area contributed by atoms with Crippen LogP contribution in [0, 0.1) is 0 Å². The molecule has 0 aromatic heterocycles. The van der Waals surface area contributed by atoms with E-state index in [4.69, 9.17) is 12.2 Å². The Morgan fingerprint density at radius 2 is 1.32 bits per heavy atom. The number of amides is 1. The van der Waals surface area contributed by atoms with Crippen molar-refractivity contribution in [3.63, 3.8) is 0 Å². The summed E-state index contributed by atoms with van der Waals surface area (Å²) in [4.78, 5) is 19.5. The Labute approximate surface area is 187 Å². The number of anilines is 3. The molecule has 0 atom stereocenters. The van der Waals surface area contributed by atoms with Crippen LogP contribution in [0.15, 0.2) is 102 Å². The molecule has 0 unspecified atom stereocenters. The van der Waals surface area contributed by atoms with Crippen molar-refractivity contribution < 1.29 is 4.79 Å². The molecule has 5 rings (SSSR count). The maximum atomic E-state index is 13.9. The Morgan fingerprint density at radius 3 is 1.97 bits per heavy atom. The van der Waals surface area contributed by atoms with E-state index < -0.39 is 0 Å². The summed E-state index contributed by atoms with van der Waals surface area (Å²) in [5.41, 5.74) is 5.25. The van der Waals surface area contributed by atoms with E-state index in [-0.39, 0.29) is 5.91 Å². The summed E-state index contributed by atoms with van der Waals surface area (Å²) >= 11 is 5.86. The second kappa shape index (κ2) is 7.85. The monoisotopic (exact) mass is 423 g/mol.